The van der Waals surface area contributed by atoms with Crippen LogP contribution in [-0.4, -0.2) is 67.2 Å². The molecule has 0 bridgehead atoms. The van der Waals surface area contributed by atoms with Crippen LogP contribution in [0.5, 0.6) is 0 Å². The summed E-state index contributed by atoms with van der Waals surface area (Å²) in [7, 11) is 1.35. The minimum absolute atomic E-state index is 0.137. The van der Waals surface area contributed by atoms with E-state index in [0.717, 1.165) is 12.1 Å². The number of amides is 4. The predicted octanol–water partition coefficient (Wildman–Crippen LogP) is 2.12. The number of anilines is 2. The first-order valence-electron chi connectivity index (χ1n) is 8.80. The molecule has 2 saturated heterocycles. The van der Waals surface area contributed by atoms with Crippen molar-refractivity contribution in [1.82, 2.24) is 9.80 Å². The number of hydrogen-bond donors (Lipinski definition) is 1. The lowest BCUT2D eigenvalue weighted by atomic mass is 10.2. The summed E-state index contributed by atoms with van der Waals surface area (Å²) in [6.07, 6.45) is 1.08. The molecule has 1 atom stereocenters. The number of nitrogens with one attached hydrogen (secondary N) is 1. The van der Waals surface area contributed by atoms with Gasteiger partial charge in [-0.1, -0.05) is 0 Å². The zero-order valence-corrected chi connectivity index (χ0v) is 15.1. The summed E-state index contributed by atoms with van der Waals surface area (Å²) < 4.78 is 4.69. The Hall–Kier alpha value is -2.77. The fraction of sp³-hybridized carbons (Fsp3) is 0.500. The van der Waals surface area contributed by atoms with Gasteiger partial charge < -0.3 is 24.8 Å². The van der Waals surface area contributed by atoms with Gasteiger partial charge in [-0.25, -0.2) is 9.59 Å². The number of nitrogens with zero attached hydrogens (tertiary/aromatic N) is 3. The molecular formula is C18H24N4O4. The fourth-order valence-electron chi connectivity index (χ4n) is 3.36. The maximum atomic E-state index is 12.4. The van der Waals surface area contributed by atoms with Gasteiger partial charge in [0.2, 0.25) is 5.91 Å². The van der Waals surface area contributed by atoms with Crippen LogP contribution in [0, 0.1) is 0 Å². The second-order valence-corrected chi connectivity index (χ2v) is 6.57. The Morgan fingerprint density at radius 1 is 1.08 bits per heavy atom. The second kappa shape index (κ2) is 7.63. The van der Waals surface area contributed by atoms with Crippen molar-refractivity contribution in [1.29, 1.82) is 0 Å². The van der Waals surface area contributed by atoms with Gasteiger partial charge in [0.1, 0.15) is 0 Å². The molecule has 2 heterocycles. The van der Waals surface area contributed by atoms with Gasteiger partial charge >= 0.3 is 12.1 Å². The monoisotopic (exact) mass is 360 g/mol. The molecule has 26 heavy (non-hydrogen) atoms. The number of ether oxygens (including phenoxy) is 1. The zero-order chi connectivity index (χ0) is 18.7. The van der Waals surface area contributed by atoms with Crippen molar-refractivity contribution in [2.75, 3.05) is 43.5 Å². The van der Waals surface area contributed by atoms with E-state index in [4.69, 9.17) is 0 Å². The quantitative estimate of drug-likeness (QED) is 0.876. The fourth-order valence-corrected chi connectivity index (χ4v) is 3.36. The van der Waals surface area contributed by atoms with Crippen molar-refractivity contribution in [2.24, 2.45) is 0 Å². The van der Waals surface area contributed by atoms with Crippen LogP contribution >= 0.6 is 0 Å². The summed E-state index contributed by atoms with van der Waals surface area (Å²) in [6.45, 7) is 3.86. The van der Waals surface area contributed by atoms with E-state index in [-0.39, 0.29) is 24.1 Å². The largest absolute Gasteiger partial charge is 0.453 e. The lowest BCUT2D eigenvalue weighted by Gasteiger charge is -2.33. The van der Waals surface area contributed by atoms with Crippen molar-refractivity contribution in [2.45, 2.75) is 25.8 Å². The summed E-state index contributed by atoms with van der Waals surface area (Å²) in [5, 5.41) is 2.86. The maximum absolute atomic E-state index is 12.4. The number of hydrogen-bond acceptors (Lipinski definition) is 4. The molecular weight excluding hydrogens is 336 g/mol. The highest BCUT2D eigenvalue weighted by Gasteiger charge is 2.29. The van der Waals surface area contributed by atoms with Crippen LogP contribution in [0.1, 0.15) is 19.8 Å². The molecule has 1 unspecified atom stereocenters. The molecule has 8 nitrogen and oxygen atoms in total. The van der Waals surface area contributed by atoms with E-state index in [0.29, 0.717) is 38.3 Å². The van der Waals surface area contributed by atoms with Crippen molar-refractivity contribution in [3.63, 3.8) is 0 Å². The first-order valence-corrected chi connectivity index (χ1v) is 8.80. The second-order valence-electron chi connectivity index (χ2n) is 6.57. The third kappa shape index (κ3) is 3.74. The summed E-state index contributed by atoms with van der Waals surface area (Å²) in [6, 6.07) is 7.31. The molecule has 1 aromatic rings. The molecule has 1 aromatic carbocycles. The van der Waals surface area contributed by atoms with Crippen molar-refractivity contribution in [3.05, 3.63) is 24.3 Å². The molecule has 2 fully saturated rings. The minimum atomic E-state index is -0.369. The predicted molar refractivity (Wildman–Crippen MR) is 97.2 cm³/mol. The van der Waals surface area contributed by atoms with Crippen LogP contribution in [0.3, 0.4) is 0 Å². The number of benzene rings is 1. The number of piperazine rings is 1. The smallest absolute Gasteiger partial charge is 0.409 e. The van der Waals surface area contributed by atoms with Gasteiger partial charge in [0.15, 0.2) is 0 Å². The van der Waals surface area contributed by atoms with Crippen LogP contribution in [0.25, 0.3) is 0 Å². The standard InChI is InChI=1S/C18H24N4O4/c1-13-3-8-16(23)22(13)15-6-4-14(5-7-15)19-17(24)20-9-11-21(12-10-20)18(25)26-2/h4-7,13H,3,8-12H2,1-2H3,(H,19,24). The number of carbonyl (C=O) groups is 3. The molecule has 1 N–H and O–H groups in total. The topological polar surface area (TPSA) is 82.2 Å². The first-order chi connectivity index (χ1) is 12.5. The van der Waals surface area contributed by atoms with Gasteiger partial charge in [0.05, 0.1) is 7.11 Å². The van der Waals surface area contributed by atoms with Crippen molar-refractivity contribution in [3.8, 4) is 0 Å². The van der Waals surface area contributed by atoms with Gasteiger partial charge in [-0.05, 0) is 37.6 Å². The van der Waals surface area contributed by atoms with E-state index in [9.17, 15) is 14.4 Å². The Labute approximate surface area is 152 Å². The number of carbonyl (C=O) groups excluding carboxylic acids is 3. The summed E-state index contributed by atoms with van der Waals surface area (Å²) in [5.41, 5.74) is 1.53. The molecule has 2 aliphatic heterocycles. The minimum Gasteiger partial charge on any atom is -0.453 e. The van der Waals surface area contributed by atoms with Gasteiger partial charge in [-0.3, -0.25) is 4.79 Å². The summed E-state index contributed by atoms with van der Waals surface area (Å²) >= 11 is 0. The zero-order valence-electron chi connectivity index (χ0n) is 15.1. The lowest BCUT2D eigenvalue weighted by molar-refractivity contribution is -0.117. The lowest BCUT2D eigenvalue weighted by Crippen LogP contribution is -2.51. The van der Waals surface area contributed by atoms with E-state index in [1.165, 1.54) is 7.11 Å². The van der Waals surface area contributed by atoms with E-state index < -0.39 is 0 Å². The Morgan fingerprint density at radius 3 is 2.23 bits per heavy atom. The molecule has 0 saturated carbocycles. The molecule has 140 valence electrons. The van der Waals surface area contributed by atoms with E-state index in [1.807, 2.05) is 19.1 Å². The van der Waals surface area contributed by atoms with Crippen LogP contribution in [0.2, 0.25) is 0 Å². The number of methoxy groups -OCH3 is 1. The summed E-state index contributed by atoms with van der Waals surface area (Å²) in [5.74, 6) is 0.137. The van der Waals surface area contributed by atoms with Crippen LogP contribution in [0.15, 0.2) is 24.3 Å². The normalized spacial score (nSPS) is 20.3. The highest BCUT2D eigenvalue weighted by atomic mass is 16.5. The molecule has 0 radical (unpaired) electrons. The Morgan fingerprint density at radius 2 is 1.69 bits per heavy atom. The molecule has 4 amide bonds. The van der Waals surface area contributed by atoms with Gasteiger partial charge in [0, 0.05) is 50.0 Å². The molecule has 2 aliphatic rings. The van der Waals surface area contributed by atoms with Crippen molar-refractivity contribution < 1.29 is 19.1 Å². The van der Waals surface area contributed by atoms with E-state index >= 15 is 0 Å². The van der Waals surface area contributed by atoms with Crippen LogP contribution in [-0.2, 0) is 9.53 Å². The Balaban J connectivity index is 1.55. The Kier molecular flexibility index (Phi) is 5.29. The van der Waals surface area contributed by atoms with E-state index in [2.05, 4.69) is 10.1 Å². The van der Waals surface area contributed by atoms with E-state index in [1.54, 1.807) is 26.8 Å². The van der Waals surface area contributed by atoms with Crippen LogP contribution in [0.4, 0.5) is 21.0 Å². The molecule has 0 aliphatic carbocycles. The maximum Gasteiger partial charge on any atom is 0.409 e. The number of rotatable bonds is 2. The number of urea groups is 1. The average molecular weight is 360 g/mol. The van der Waals surface area contributed by atoms with Crippen molar-refractivity contribution >= 4 is 29.4 Å². The molecule has 0 aromatic heterocycles. The van der Waals surface area contributed by atoms with Crippen LogP contribution < -0.4 is 10.2 Å². The molecule has 8 heteroatoms. The summed E-state index contributed by atoms with van der Waals surface area (Å²) in [4.78, 5) is 40.9. The molecule has 3 rings (SSSR count). The molecule has 0 spiro atoms. The third-order valence-electron chi connectivity index (χ3n) is 4.88. The SMILES string of the molecule is COC(=O)N1CCN(C(=O)Nc2ccc(N3C(=O)CCC3C)cc2)CC1. The highest BCUT2D eigenvalue weighted by Crippen LogP contribution is 2.27. The highest BCUT2D eigenvalue weighted by molar-refractivity contribution is 5.96. The first kappa shape index (κ1) is 18.0. The third-order valence-corrected chi connectivity index (χ3v) is 4.88. The van der Waals surface area contributed by atoms with Gasteiger partial charge in [-0.2, -0.15) is 0 Å². The Bertz CT molecular complexity index is 683. The average Bonchev–Trinajstić information content (AvgIpc) is 3.00. The van der Waals surface area contributed by atoms with Gasteiger partial charge in [-0.15, -0.1) is 0 Å². The van der Waals surface area contributed by atoms with Gasteiger partial charge in [0.25, 0.3) is 0 Å².